The van der Waals surface area contributed by atoms with Gasteiger partial charge < -0.3 is 9.26 Å². The standard InChI is InChI=1S/C15H14N2O4S2/c1-20-15-13(14(21-16-15)9-6-7-9)17-23(18,19)12-8-22-11-5-3-2-4-10(11)12/h2-5,8-9,17H,6-7H2,1H3. The summed E-state index contributed by atoms with van der Waals surface area (Å²) in [5.74, 6) is 0.920. The van der Waals surface area contributed by atoms with Crippen molar-refractivity contribution in [3.05, 3.63) is 35.4 Å². The van der Waals surface area contributed by atoms with E-state index in [0.29, 0.717) is 16.8 Å². The molecule has 4 rings (SSSR count). The van der Waals surface area contributed by atoms with E-state index in [1.54, 1.807) is 11.4 Å². The monoisotopic (exact) mass is 350 g/mol. The Hall–Kier alpha value is -2.06. The quantitative estimate of drug-likeness (QED) is 0.761. The van der Waals surface area contributed by atoms with Gasteiger partial charge in [0.1, 0.15) is 4.90 Å². The van der Waals surface area contributed by atoms with Crippen LogP contribution in [0.1, 0.15) is 24.5 Å². The number of fused-ring (bicyclic) bond motifs is 1. The summed E-state index contributed by atoms with van der Waals surface area (Å²) in [6.45, 7) is 0. The predicted molar refractivity (Wildman–Crippen MR) is 87.7 cm³/mol. The average Bonchev–Trinajstić information content (AvgIpc) is 3.15. The van der Waals surface area contributed by atoms with Crippen LogP contribution in [0.2, 0.25) is 0 Å². The van der Waals surface area contributed by atoms with E-state index in [-0.39, 0.29) is 16.7 Å². The molecule has 0 atom stereocenters. The van der Waals surface area contributed by atoms with Crippen LogP contribution >= 0.6 is 11.3 Å². The van der Waals surface area contributed by atoms with Crippen molar-refractivity contribution in [2.45, 2.75) is 23.7 Å². The molecule has 1 N–H and O–H groups in total. The third-order valence-electron chi connectivity index (χ3n) is 3.80. The van der Waals surface area contributed by atoms with E-state index >= 15 is 0 Å². The topological polar surface area (TPSA) is 81.4 Å². The fourth-order valence-electron chi connectivity index (χ4n) is 2.50. The molecular weight excluding hydrogens is 336 g/mol. The van der Waals surface area contributed by atoms with Gasteiger partial charge in [0, 0.05) is 21.4 Å². The van der Waals surface area contributed by atoms with Crippen LogP contribution in [-0.4, -0.2) is 20.7 Å². The van der Waals surface area contributed by atoms with Crippen molar-refractivity contribution in [1.29, 1.82) is 0 Å². The van der Waals surface area contributed by atoms with E-state index < -0.39 is 10.0 Å². The van der Waals surface area contributed by atoms with E-state index in [1.807, 2.05) is 18.2 Å². The lowest BCUT2D eigenvalue weighted by atomic mass is 10.3. The van der Waals surface area contributed by atoms with E-state index in [2.05, 4.69) is 9.88 Å². The fourth-order valence-corrected chi connectivity index (χ4v) is 5.07. The van der Waals surface area contributed by atoms with Crippen molar-refractivity contribution < 1.29 is 17.7 Å². The van der Waals surface area contributed by atoms with Gasteiger partial charge in [-0.25, -0.2) is 8.42 Å². The van der Waals surface area contributed by atoms with Gasteiger partial charge in [-0.3, -0.25) is 4.72 Å². The van der Waals surface area contributed by atoms with Crippen LogP contribution in [0, 0.1) is 0 Å². The van der Waals surface area contributed by atoms with Gasteiger partial charge in [-0.05, 0) is 24.1 Å². The van der Waals surface area contributed by atoms with Crippen molar-refractivity contribution in [2.75, 3.05) is 11.8 Å². The van der Waals surface area contributed by atoms with Gasteiger partial charge in [0.2, 0.25) is 0 Å². The summed E-state index contributed by atoms with van der Waals surface area (Å²) in [5, 5.41) is 6.15. The minimum Gasteiger partial charge on any atom is -0.477 e. The number of nitrogens with zero attached hydrogens (tertiary/aromatic N) is 1. The normalized spacial score (nSPS) is 15.0. The number of sulfonamides is 1. The first kappa shape index (κ1) is 14.5. The van der Waals surface area contributed by atoms with Gasteiger partial charge in [-0.2, -0.15) is 0 Å². The Balaban J connectivity index is 1.77. The number of hydrogen-bond acceptors (Lipinski definition) is 6. The summed E-state index contributed by atoms with van der Waals surface area (Å²) in [5.41, 5.74) is 0.310. The SMILES string of the molecule is COc1noc(C2CC2)c1NS(=O)(=O)c1csc2ccccc12. The maximum absolute atomic E-state index is 12.8. The Morgan fingerprint density at radius 3 is 2.87 bits per heavy atom. The van der Waals surface area contributed by atoms with Gasteiger partial charge in [-0.1, -0.05) is 18.2 Å². The van der Waals surface area contributed by atoms with E-state index in [0.717, 1.165) is 17.5 Å². The summed E-state index contributed by atoms with van der Waals surface area (Å²) >= 11 is 1.40. The molecule has 120 valence electrons. The molecule has 1 saturated carbocycles. The Bertz CT molecular complexity index is 970. The summed E-state index contributed by atoms with van der Waals surface area (Å²) in [7, 11) is -2.31. The highest BCUT2D eigenvalue weighted by atomic mass is 32.2. The first-order valence-corrected chi connectivity index (χ1v) is 9.49. The van der Waals surface area contributed by atoms with Gasteiger partial charge in [0.25, 0.3) is 15.9 Å². The lowest BCUT2D eigenvalue weighted by molar-refractivity contribution is 0.327. The largest absolute Gasteiger partial charge is 0.477 e. The highest BCUT2D eigenvalue weighted by Crippen LogP contribution is 2.47. The second-order valence-corrected chi connectivity index (χ2v) is 7.97. The number of rotatable bonds is 5. The average molecular weight is 350 g/mol. The summed E-state index contributed by atoms with van der Waals surface area (Å²) in [6.07, 6.45) is 1.93. The van der Waals surface area contributed by atoms with E-state index in [9.17, 15) is 8.42 Å². The molecule has 8 heteroatoms. The second kappa shape index (κ2) is 5.24. The van der Waals surface area contributed by atoms with Gasteiger partial charge in [0.15, 0.2) is 11.4 Å². The van der Waals surface area contributed by atoms with Crippen molar-refractivity contribution in [1.82, 2.24) is 5.16 Å². The van der Waals surface area contributed by atoms with Crippen molar-refractivity contribution in [2.24, 2.45) is 0 Å². The maximum atomic E-state index is 12.8. The number of thiophene rings is 1. The molecular formula is C15H14N2O4S2. The molecule has 0 aliphatic heterocycles. The molecule has 1 fully saturated rings. The van der Waals surface area contributed by atoms with E-state index in [4.69, 9.17) is 9.26 Å². The first-order chi connectivity index (χ1) is 11.1. The molecule has 6 nitrogen and oxygen atoms in total. The predicted octanol–water partition coefficient (Wildman–Crippen LogP) is 3.58. The molecule has 1 aliphatic carbocycles. The van der Waals surface area contributed by atoms with Crippen molar-refractivity contribution in [3.63, 3.8) is 0 Å². The van der Waals surface area contributed by atoms with Gasteiger partial charge in [0.05, 0.1) is 7.11 Å². The maximum Gasteiger partial charge on any atom is 0.278 e. The van der Waals surface area contributed by atoms with Crippen LogP contribution in [0.25, 0.3) is 10.1 Å². The zero-order valence-electron chi connectivity index (χ0n) is 12.3. The van der Waals surface area contributed by atoms with Crippen LogP contribution in [-0.2, 0) is 10.0 Å². The van der Waals surface area contributed by atoms with Crippen LogP contribution in [0.15, 0.2) is 39.1 Å². The molecule has 2 heterocycles. The Labute approximate surface area is 137 Å². The number of methoxy groups -OCH3 is 1. The number of benzene rings is 1. The summed E-state index contributed by atoms with van der Waals surface area (Å²) in [4.78, 5) is 0.253. The highest BCUT2D eigenvalue weighted by Gasteiger charge is 2.35. The van der Waals surface area contributed by atoms with Crippen LogP contribution < -0.4 is 9.46 Å². The number of anilines is 1. The zero-order chi connectivity index (χ0) is 16.0. The molecule has 23 heavy (non-hydrogen) atoms. The Kier molecular flexibility index (Phi) is 3.31. The molecule has 0 unspecified atom stereocenters. The summed E-state index contributed by atoms with van der Waals surface area (Å²) in [6, 6.07) is 7.41. The molecule has 3 aromatic rings. The van der Waals surface area contributed by atoms with E-state index in [1.165, 1.54) is 18.4 Å². The number of aromatic nitrogens is 1. The molecule has 2 aromatic heterocycles. The Morgan fingerprint density at radius 1 is 1.35 bits per heavy atom. The fraction of sp³-hybridized carbons (Fsp3) is 0.267. The van der Waals surface area contributed by atoms with Gasteiger partial charge >= 0.3 is 0 Å². The second-order valence-electron chi connectivity index (χ2n) is 5.41. The Morgan fingerprint density at radius 2 is 2.13 bits per heavy atom. The first-order valence-electron chi connectivity index (χ1n) is 7.13. The lowest BCUT2D eigenvalue weighted by Gasteiger charge is -2.07. The number of hydrogen-bond donors (Lipinski definition) is 1. The third kappa shape index (κ3) is 2.47. The number of nitrogens with one attached hydrogen (secondary N) is 1. The zero-order valence-corrected chi connectivity index (χ0v) is 13.9. The molecule has 1 aliphatic rings. The molecule has 0 saturated heterocycles. The molecule has 0 bridgehead atoms. The van der Waals surface area contributed by atoms with Crippen LogP contribution in [0.3, 0.4) is 0 Å². The third-order valence-corrected chi connectivity index (χ3v) is 6.30. The van der Waals surface area contributed by atoms with Gasteiger partial charge in [-0.15, -0.1) is 11.3 Å². The lowest BCUT2D eigenvalue weighted by Crippen LogP contribution is -2.13. The minimum atomic E-state index is -3.75. The minimum absolute atomic E-state index is 0.162. The van der Waals surface area contributed by atoms with Crippen LogP contribution in [0.4, 0.5) is 5.69 Å². The van der Waals surface area contributed by atoms with Crippen LogP contribution in [0.5, 0.6) is 5.88 Å². The molecule has 1 aromatic carbocycles. The molecule has 0 spiro atoms. The molecule has 0 radical (unpaired) electrons. The highest BCUT2D eigenvalue weighted by molar-refractivity contribution is 7.93. The summed E-state index contributed by atoms with van der Waals surface area (Å²) < 4.78 is 39.5. The molecule has 0 amide bonds. The smallest absolute Gasteiger partial charge is 0.278 e. The number of ether oxygens (including phenoxy) is 1. The van der Waals surface area contributed by atoms with Crippen molar-refractivity contribution in [3.8, 4) is 5.88 Å². The van der Waals surface area contributed by atoms with Crippen molar-refractivity contribution >= 4 is 37.1 Å².